The first-order valence-electron chi connectivity index (χ1n) is 4.88. The van der Waals surface area contributed by atoms with Gasteiger partial charge in [0, 0.05) is 12.2 Å². The maximum Gasteiger partial charge on any atom is 0.319 e. The van der Waals surface area contributed by atoms with Crippen LogP contribution in [0.1, 0.15) is 12.0 Å². The highest BCUT2D eigenvalue weighted by Gasteiger charge is 2.03. The molecule has 2 amide bonds. The summed E-state index contributed by atoms with van der Waals surface area (Å²) in [5, 5.41) is 21.9. The van der Waals surface area contributed by atoms with Crippen LogP contribution < -0.4 is 10.6 Å². The second-order valence-electron chi connectivity index (χ2n) is 3.22. The molecular weight excluding hydrogens is 222 g/mol. The molecule has 1 rings (SSSR count). The van der Waals surface area contributed by atoms with Crippen molar-refractivity contribution in [3.8, 4) is 6.07 Å². The predicted octanol–water partition coefficient (Wildman–Crippen LogP) is 1.15. The van der Waals surface area contributed by atoms with Crippen molar-refractivity contribution in [3.63, 3.8) is 0 Å². The van der Waals surface area contributed by atoms with Crippen LogP contribution in [0.4, 0.5) is 10.5 Å². The van der Waals surface area contributed by atoms with Gasteiger partial charge in [-0.15, -0.1) is 0 Å². The third-order valence-electron chi connectivity index (χ3n) is 1.87. The highest BCUT2D eigenvalue weighted by molar-refractivity contribution is 5.89. The molecule has 0 unspecified atom stereocenters. The number of urea groups is 1. The number of carbonyl (C=O) groups excluding carboxylic acids is 1. The fraction of sp³-hybridized carbons (Fsp3) is 0.182. The number of carboxylic acids is 1. The number of aliphatic carboxylic acids is 1. The van der Waals surface area contributed by atoms with E-state index in [1.54, 1.807) is 18.2 Å². The Hall–Kier alpha value is -2.55. The van der Waals surface area contributed by atoms with E-state index in [1.165, 1.54) is 6.07 Å². The summed E-state index contributed by atoms with van der Waals surface area (Å²) >= 11 is 0. The van der Waals surface area contributed by atoms with Crippen LogP contribution in [0.2, 0.25) is 0 Å². The molecule has 0 aliphatic carbocycles. The molecule has 1 aromatic rings. The standard InChI is InChI=1S/C11H11N3O3/c12-7-8-2-1-3-9(6-8)14-11(17)13-5-4-10(15)16/h1-3,6H,4-5H2,(H,15,16)(H2,13,14,17). The van der Waals surface area contributed by atoms with Gasteiger partial charge in [-0.05, 0) is 18.2 Å². The smallest absolute Gasteiger partial charge is 0.319 e. The molecule has 0 aliphatic rings. The minimum atomic E-state index is -0.975. The second-order valence-corrected chi connectivity index (χ2v) is 3.22. The summed E-state index contributed by atoms with van der Waals surface area (Å²) in [6.45, 7) is 0.0547. The van der Waals surface area contributed by atoms with Crippen molar-refractivity contribution in [1.82, 2.24) is 5.32 Å². The average molecular weight is 233 g/mol. The fourth-order valence-corrected chi connectivity index (χ4v) is 1.12. The number of rotatable bonds is 4. The van der Waals surface area contributed by atoms with Gasteiger partial charge in [-0.2, -0.15) is 5.26 Å². The van der Waals surface area contributed by atoms with Crippen molar-refractivity contribution >= 4 is 17.7 Å². The van der Waals surface area contributed by atoms with E-state index >= 15 is 0 Å². The van der Waals surface area contributed by atoms with Crippen LogP contribution in [-0.2, 0) is 4.79 Å². The molecule has 0 atom stereocenters. The van der Waals surface area contributed by atoms with Crippen molar-refractivity contribution in [3.05, 3.63) is 29.8 Å². The monoisotopic (exact) mass is 233 g/mol. The van der Waals surface area contributed by atoms with Gasteiger partial charge in [0.1, 0.15) is 0 Å². The molecule has 0 heterocycles. The number of nitrogens with one attached hydrogen (secondary N) is 2. The van der Waals surface area contributed by atoms with Crippen LogP contribution in [0.5, 0.6) is 0 Å². The van der Waals surface area contributed by atoms with E-state index < -0.39 is 12.0 Å². The number of nitriles is 1. The summed E-state index contributed by atoms with van der Waals surface area (Å²) in [6.07, 6.45) is -0.133. The van der Waals surface area contributed by atoms with Crippen molar-refractivity contribution < 1.29 is 14.7 Å². The summed E-state index contributed by atoms with van der Waals surface area (Å²) in [5.41, 5.74) is 0.921. The lowest BCUT2D eigenvalue weighted by Gasteiger charge is -2.06. The SMILES string of the molecule is N#Cc1cccc(NC(=O)NCCC(=O)O)c1. The van der Waals surface area contributed by atoms with Gasteiger partial charge in [-0.1, -0.05) is 6.07 Å². The molecular formula is C11H11N3O3. The maximum atomic E-state index is 11.3. The molecule has 0 aliphatic heterocycles. The minimum Gasteiger partial charge on any atom is -0.481 e. The first-order chi connectivity index (χ1) is 8.11. The normalized spacial score (nSPS) is 9.12. The molecule has 0 fully saturated rings. The number of amides is 2. The van der Waals surface area contributed by atoms with Crippen molar-refractivity contribution in [2.45, 2.75) is 6.42 Å². The lowest BCUT2D eigenvalue weighted by atomic mass is 10.2. The highest BCUT2D eigenvalue weighted by Crippen LogP contribution is 2.09. The fourth-order valence-electron chi connectivity index (χ4n) is 1.12. The summed E-state index contributed by atoms with van der Waals surface area (Å²) in [6, 6.07) is 7.87. The Kier molecular flexibility index (Phi) is 4.51. The lowest BCUT2D eigenvalue weighted by molar-refractivity contribution is -0.136. The van der Waals surface area contributed by atoms with E-state index in [0.29, 0.717) is 11.3 Å². The van der Waals surface area contributed by atoms with Crippen molar-refractivity contribution in [1.29, 1.82) is 5.26 Å². The number of benzene rings is 1. The molecule has 88 valence electrons. The van der Waals surface area contributed by atoms with Crippen LogP contribution >= 0.6 is 0 Å². The number of anilines is 1. The summed E-state index contributed by atoms with van der Waals surface area (Å²) in [4.78, 5) is 21.5. The molecule has 0 spiro atoms. The van der Waals surface area contributed by atoms with Crippen LogP contribution in [0, 0.1) is 11.3 Å². The van der Waals surface area contributed by atoms with E-state index in [2.05, 4.69) is 10.6 Å². The summed E-state index contributed by atoms with van der Waals surface area (Å²) < 4.78 is 0. The van der Waals surface area contributed by atoms with Gasteiger partial charge in [-0.25, -0.2) is 4.79 Å². The number of nitrogens with zero attached hydrogens (tertiary/aromatic N) is 1. The number of carbonyl (C=O) groups is 2. The van der Waals surface area contributed by atoms with E-state index in [9.17, 15) is 9.59 Å². The van der Waals surface area contributed by atoms with Gasteiger partial charge in [0.2, 0.25) is 0 Å². The first kappa shape index (κ1) is 12.5. The Bertz CT molecular complexity index is 465. The van der Waals surface area contributed by atoms with E-state index in [1.807, 2.05) is 6.07 Å². The largest absolute Gasteiger partial charge is 0.481 e. The Morgan fingerprint density at radius 2 is 2.18 bits per heavy atom. The van der Waals surface area contributed by atoms with Gasteiger partial charge in [0.05, 0.1) is 18.1 Å². The Morgan fingerprint density at radius 3 is 2.82 bits per heavy atom. The Balaban J connectivity index is 2.45. The molecule has 3 N–H and O–H groups in total. The molecule has 17 heavy (non-hydrogen) atoms. The van der Waals surface area contributed by atoms with Gasteiger partial charge in [0.15, 0.2) is 0 Å². The minimum absolute atomic E-state index is 0.0547. The Morgan fingerprint density at radius 1 is 1.41 bits per heavy atom. The zero-order chi connectivity index (χ0) is 12.7. The van der Waals surface area contributed by atoms with Gasteiger partial charge in [0.25, 0.3) is 0 Å². The zero-order valence-electron chi connectivity index (χ0n) is 8.93. The van der Waals surface area contributed by atoms with Crippen LogP contribution in [0.25, 0.3) is 0 Å². The molecule has 0 aromatic heterocycles. The predicted molar refractivity (Wildman–Crippen MR) is 60.4 cm³/mol. The van der Waals surface area contributed by atoms with Crippen LogP contribution in [-0.4, -0.2) is 23.7 Å². The number of carboxylic acid groups (broad SMARTS) is 1. The second kappa shape index (κ2) is 6.12. The third-order valence-corrected chi connectivity index (χ3v) is 1.87. The summed E-state index contributed by atoms with van der Waals surface area (Å²) in [5.74, 6) is -0.975. The molecule has 6 heteroatoms. The molecule has 0 saturated carbocycles. The molecule has 0 radical (unpaired) electrons. The van der Waals surface area contributed by atoms with Crippen molar-refractivity contribution in [2.75, 3.05) is 11.9 Å². The quantitative estimate of drug-likeness (QED) is 0.725. The number of hydrogen-bond donors (Lipinski definition) is 3. The first-order valence-corrected chi connectivity index (χ1v) is 4.88. The molecule has 0 bridgehead atoms. The third kappa shape index (κ3) is 4.66. The molecule has 0 saturated heterocycles. The van der Waals surface area contributed by atoms with Crippen LogP contribution in [0.15, 0.2) is 24.3 Å². The average Bonchev–Trinajstić information content (AvgIpc) is 2.28. The van der Waals surface area contributed by atoms with Crippen molar-refractivity contribution in [2.24, 2.45) is 0 Å². The van der Waals surface area contributed by atoms with E-state index in [4.69, 9.17) is 10.4 Å². The zero-order valence-corrected chi connectivity index (χ0v) is 8.93. The number of hydrogen-bond acceptors (Lipinski definition) is 3. The van der Waals surface area contributed by atoms with E-state index in [0.717, 1.165) is 0 Å². The molecule has 6 nitrogen and oxygen atoms in total. The van der Waals surface area contributed by atoms with Gasteiger partial charge < -0.3 is 15.7 Å². The van der Waals surface area contributed by atoms with Gasteiger partial charge >= 0.3 is 12.0 Å². The van der Waals surface area contributed by atoms with Gasteiger partial charge in [-0.3, -0.25) is 4.79 Å². The Labute approximate surface area is 97.9 Å². The van der Waals surface area contributed by atoms with Crippen LogP contribution in [0.3, 0.4) is 0 Å². The highest BCUT2D eigenvalue weighted by atomic mass is 16.4. The van der Waals surface area contributed by atoms with E-state index in [-0.39, 0.29) is 13.0 Å². The summed E-state index contributed by atoms with van der Waals surface area (Å²) in [7, 11) is 0. The maximum absolute atomic E-state index is 11.3. The lowest BCUT2D eigenvalue weighted by Crippen LogP contribution is -2.30. The molecule has 1 aromatic carbocycles. The topological polar surface area (TPSA) is 102 Å².